The molecule has 4 nitrogen and oxygen atoms in total. The van der Waals surface area contributed by atoms with E-state index in [1.54, 1.807) is 0 Å². The van der Waals surface area contributed by atoms with Gasteiger partial charge in [-0.1, -0.05) is 30.8 Å². The lowest BCUT2D eigenvalue weighted by atomic mass is 10.1. The summed E-state index contributed by atoms with van der Waals surface area (Å²) < 4.78 is 0. The van der Waals surface area contributed by atoms with Crippen LogP contribution in [0.2, 0.25) is 0 Å². The van der Waals surface area contributed by atoms with E-state index >= 15 is 0 Å². The Balaban J connectivity index is 2.15. The summed E-state index contributed by atoms with van der Waals surface area (Å²) in [6.07, 6.45) is 1.52. The molecule has 1 heterocycles. The third-order valence-corrected chi connectivity index (χ3v) is 3.75. The van der Waals surface area contributed by atoms with E-state index in [0.717, 1.165) is 18.0 Å². The zero-order chi connectivity index (χ0) is 13.7. The average molecular weight is 275 g/mol. The van der Waals surface area contributed by atoms with Gasteiger partial charge in [0.2, 0.25) is 0 Å². The van der Waals surface area contributed by atoms with E-state index < -0.39 is 0 Å². The molecule has 1 aromatic heterocycles. The Morgan fingerprint density at radius 3 is 2.89 bits per heavy atom. The molecule has 0 aliphatic rings. The highest BCUT2D eigenvalue weighted by Crippen LogP contribution is 2.27. The van der Waals surface area contributed by atoms with Crippen molar-refractivity contribution in [1.82, 2.24) is 15.3 Å². The molecule has 100 valence electrons. The number of nitrogens with one attached hydrogen (secondary N) is 2. The molecule has 2 rings (SSSR count). The SMILES string of the molecule is CCNCc1ccc(Sc2nccc(=O)[nH]2)c(C)c1. The van der Waals surface area contributed by atoms with Crippen molar-refractivity contribution in [3.63, 3.8) is 0 Å². The maximum Gasteiger partial charge on any atom is 0.251 e. The molecular formula is C14H17N3OS. The third-order valence-electron chi connectivity index (χ3n) is 2.67. The van der Waals surface area contributed by atoms with Crippen molar-refractivity contribution >= 4 is 11.8 Å². The molecule has 0 saturated heterocycles. The number of hydrogen-bond acceptors (Lipinski definition) is 4. The van der Waals surface area contributed by atoms with Crippen LogP contribution >= 0.6 is 11.8 Å². The number of nitrogens with zero attached hydrogens (tertiary/aromatic N) is 1. The summed E-state index contributed by atoms with van der Waals surface area (Å²) >= 11 is 1.47. The Kier molecular flexibility index (Phi) is 4.76. The van der Waals surface area contributed by atoms with Gasteiger partial charge in [0.05, 0.1) is 0 Å². The first-order valence-electron chi connectivity index (χ1n) is 6.22. The lowest BCUT2D eigenvalue weighted by molar-refractivity contribution is 0.726. The summed E-state index contributed by atoms with van der Waals surface area (Å²) in [6.45, 7) is 6.00. The van der Waals surface area contributed by atoms with E-state index in [2.05, 4.69) is 47.3 Å². The summed E-state index contributed by atoms with van der Waals surface area (Å²) in [6, 6.07) is 7.74. The molecule has 0 amide bonds. The molecule has 0 saturated carbocycles. The van der Waals surface area contributed by atoms with Crippen molar-refractivity contribution in [3.8, 4) is 0 Å². The Bertz CT molecular complexity index is 610. The summed E-state index contributed by atoms with van der Waals surface area (Å²) in [5.74, 6) is 0. The highest BCUT2D eigenvalue weighted by atomic mass is 32.2. The first kappa shape index (κ1) is 13.8. The minimum atomic E-state index is -0.126. The van der Waals surface area contributed by atoms with Crippen molar-refractivity contribution in [3.05, 3.63) is 51.9 Å². The van der Waals surface area contributed by atoms with Crippen LogP contribution in [0.4, 0.5) is 0 Å². The molecule has 0 fully saturated rings. The molecule has 5 heteroatoms. The van der Waals surface area contributed by atoms with Crippen LogP contribution in [0.25, 0.3) is 0 Å². The van der Waals surface area contributed by atoms with Crippen LogP contribution in [-0.4, -0.2) is 16.5 Å². The molecule has 0 aliphatic heterocycles. The molecule has 0 bridgehead atoms. The van der Waals surface area contributed by atoms with Gasteiger partial charge in [-0.3, -0.25) is 4.79 Å². The summed E-state index contributed by atoms with van der Waals surface area (Å²) in [5.41, 5.74) is 2.32. The van der Waals surface area contributed by atoms with Gasteiger partial charge in [0.15, 0.2) is 5.16 Å². The van der Waals surface area contributed by atoms with Gasteiger partial charge in [-0.15, -0.1) is 0 Å². The standard InChI is InChI=1S/C14H17N3OS/c1-3-15-9-11-4-5-12(10(2)8-11)19-14-16-7-6-13(18)17-14/h4-8,15H,3,9H2,1-2H3,(H,16,17,18). The van der Waals surface area contributed by atoms with Gasteiger partial charge in [-0.25, -0.2) is 4.98 Å². The second kappa shape index (κ2) is 6.54. The van der Waals surface area contributed by atoms with Crippen molar-refractivity contribution in [2.24, 2.45) is 0 Å². The zero-order valence-corrected chi connectivity index (χ0v) is 11.9. The van der Waals surface area contributed by atoms with Gasteiger partial charge in [0.25, 0.3) is 5.56 Å². The fraction of sp³-hybridized carbons (Fsp3) is 0.286. The molecule has 19 heavy (non-hydrogen) atoms. The smallest absolute Gasteiger partial charge is 0.251 e. The average Bonchev–Trinajstić information content (AvgIpc) is 2.39. The Morgan fingerprint density at radius 2 is 2.21 bits per heavy atom. The van der Waals surface area contributed by atoms with Crippen LogP contribution in [0, 0.1) is 6.92 Å². The number of aromatic nitrogens is 2. The summed E-state index contributed by atoms with van der Waals surface area (Å²) in [4.78, 5) is 19.2. The van der Waals surface area contributed by atoms with Crippen LogP contribution in [-0.2, 0) is 6.54 Å². The molecule has 0 radical (unpaired) electrons. The highest BCUT2D eigenvalue weighted by molar-refractivity contribution is 7.99. The zero-order valence-electron chi connectivity index (χ0n) is 11.1. The van der Waals surface area contributed by atoms with E-state index in [-0.39, 0.29) is 5.56 Å². The van der Waals surface area contributed by atoms with E-state index in [1.165, 1.54) is 35.2 Å². The molecule has 2 N–H and O–H groups in total. The topological polar surface area (TPSA) is 57.8 Å². The van der Waals surface area contributed by atoms with Gasteiger partial charge < -0.3 is 10.3 Å². The molecule has 1 aromatic carbocycles. The molecular weight excluding hydrogens is 258 g/mol. The fourth-order valence-corrected chi connectivity index (χ4v) is 2.54. The molecule has 0 unspecified atom stereocenters. The maximum atomic E-state index is 11.2. The number of benzene rings is 1. The second-order valence-electron chi connectivity index (χ2n) is 4.22. The van der Waals surface area contributed by atoms with Crippen LogP contribution in [0.1, 0.15) is 18.1 Å². The molecule has 2 aromatic rings. The van der Waals surface area contributed by atoms with E-state index in [9.17, 15) is 4.79 Å². The first-order chi connectivity index (χ1) is 9.19. The molecule has 0 atom stereocenters. The monoisotopic (exact) mass is 275 g/mol. The third kappa shape index (κ3) is 3.94. The minimum absolute atomic E-state index is 0.126. The number of aryl methyl sites for hydroxylation is 1. The Labute approximate surface area is 116 Å². The number of H-pyrrole nitrogens is 1. The number of aromatic amines is 1. The predicted octanol–water partition coefficient (Wildman–Crippen LogP) is 2.34. The Hall–Kier alpha value is -1.59. The minimum Gasteiger partial charge on any atom is -0.313 e. The van der Waals surface area contributed by atoms with Crippen molar-refractivity contribution in [1.29, 1.82) is 0 Å². The van der Waals surface area contributed by atoms with E-state index in [4.69, 9.17) is 0 Å². The maximum absolute atomic E-state index is 11.2. The first-order valence-corrected chi connectivity index (χ1v) is 7.04. The molecule has 0 spiro atoms. The van der Waals surface area contributed by atoms with Crippen molar-refractivity contribution in [2.45, 2.75) is 30.4 Å². The van der Waals surface area contributed by atoms with Gasteiger partial charge in [-0.05, 0) is 30.7 Å². The second-order valence-corrected chi connectivity index (χ2v) is 5.25. The Morgan fingerprint density at radius 1 is 1.37 bits per heavy atom. The summed E-state index contributed by atoms with van der Waals surface area (Å²) in [7, 11) is 0. The predicted molar refractivity (Wildman–Crippen MR) is 77.5 cm³/mol. The van der Waals surface area contributed by atoms with Gasteiger partial charge >= 0.3 is 0 Å². The van der Waals surface area contributed by atoms with Crippen LogP contribution in [0.5, 0.6) is 0 Å². The quantitative estimate of drug-likeness (QED) is 0.822. The van der Waals surface area contributed by atoms with Crippen LogP contribution in [0.15, 0.2) is 45.3 Å². The van der Waals surface area contributed by atoms with Crippen LogP contribution in [0.3, 0.4) is 0 Å². The van der Waals surface area contributed by atoms with Crippen molar-refractivity contribution in [2.75, 3.05) is 6.54 Å². The van der Waals surface area contributed by atoms with Gasteiger partial charge in [0, 0.05) is 23.7 Å². The van der Waals surface area contributed by atoms with Gasteiger partial charge in [0.1, 0.15) is 0 Å². The fourth-order valence-electron chi connectivity index (χ4n) is 1.71. The number of rotatable bonds is 5. The molecule has 0 aliphatic carbocycles. The lowest BCUT2D eigenvalue weighted by Crippen LogP contribution is -2.11. The van der Waals surface area contributed by atoms with Crippen molar-refractivity contribution < 1.29 is 0 Å². The van der Waals surface area contributed by atoms with E-state index in [1.807, 2.05) is 0 Å². The summed E-state index contributed by atoms with van der Waals surface area (Å²) in [5, 5.41) is 3.92. The lowest BCUT2D eigenvalue weighted by Gasteiger charge is -2.08. The number of hydrogen-bond donors (Lipinski definition) is 2. The largest absolute Gasteiger partial charge is 0.313 e. The highest BCUT2D eigenvalue weighted by Gasteiger charge is 2.04. The normalized spacial score (nSPS) is 10.6. The van der Waals surface area contributed by atoms with E-state index in [0.29, 0.717) is 5.16 Å². The van der Waals surface area contributed by atoms with Gasteiger partial charge in [-0.2, -0.15) is 0 Å². The van der Waals surface area contributed by atoms with Crippen LogP contribution < -0.4 is 10.9 Å².